The summed E-state index contributed by atoms with van der Waals surface area (Å²) in [4.78, 5) is 4.18. The van der Waals surface area contributed by atoms with E-state index in [0.29, 0.717) is 0 Å². The molecule has 0 spiro atoms. The van der Waals surface area contributed by atoms with Crippen LogP contribution in [0.3, 0.4) is 0 Å². The SMILES string of the molecule is CCCNC(=NC)NCCc1c(C)nn(C)c1C.I. The van der Waals surface area contributed by atoms with Crippen LogP contribution in [0.15, 0.2) is 4.99 Å². The fourth-order valence-corrected chi connectivity index (χ4v) is 1.95. The van der Waals surface area contributed by atoms with E-state index >= 15 is 0 Å². The number of hydrogen-bond donors (Lipinski definition) is 2. The van der Waals surface area contributed by atoms with E-state index in [4.69, 9.17) is 0 Å². The van der Waals surface area contributed by atoms with Gasteiger partial charge in [-0.25, -0.2) is 0 Å². The van der Waals surface area contributed by atoms with Crippen LogP contribution in [0, 0.1) is 13.8 Å². The molecule has 0 atom stereocenters. The number of aliphatic imine (C=N–C) groups is 1. The van der Waals surface area contributed by atoms with Gasteiger partial charge in [-0.05, 0) is 32.3 Å². The maximum Gasteiger partial charge on any atom is 0.190 e. The Labute approximate surface area is 133 Å². The highest BCUT2D eigenvalue weighted by atomic mass is 127. The van der Waals surface area contributed by atoms with Crippen molar-refractivity contribution in [3.63, 3.8) is 0 Å². The summed E-state index contributed by atoms with van der Waals surface area (Å²) in [5.41, 5.74) is 3.69. The molecule has 1 rings (SSSR count). The lowest BCUT2D eigenvalue weighted by Crippen LogP contribution is -2.38. The van der Waals surface area contributed by atoms with Gasteiger partial charge in [0, 0.05) is 32.9 Å². The molecule has 0 saturated carbocycles. The average molecular weight is 379 g/mol. The minimum atomic E-state index is 0. The second-order valence-corrected chi connectivity index (χ2v) is 4.45. The second kappa shape index (κ2) is 9.17. The third-order valence-corrected chi connectivity index (χ3v) is 3.09. The van der Waals surface area contributed by atoms with Crippen molar-refractivity contribution < 1.29 is 0 Å². The third kappa shape index (κ3) is 5.38. The van der Waals surface area contributed by atoms with Crippen LogP contribution >= 0.6 is 24.0 Å². The minimum absolute atomic E-state index is 0. The largest absolute Gasteiger partial charge is 0.356 e. The lowest BCUT2D eigenvalue weighted by molar-refractivity contribution is 0.728. The summed E-state index contributed by atoms with van der Waals surface area (Å²) in [5, 5.41) is 11.0. The molecular weight excluding hydrogens is 353 g/mol. The van der Waals surface area contributed by atoms with Gasteiger partial charge in [-0.2, -0.15) is 5.10 Å². The van der Waals surface area contributed by atoms with Crippen molar-refractivity contribution in [2.75, 3.05) is 20.1 Å². The first kappa shape index (κ1) is 18.2. The van der Waals surface area contributed by atoms with E-state index in [1.165, 1.54) is 11.3 Å². The quantitative estimate of drug-likeness (QED) is 0.466. The number of rotatable bonds is 5. The normalized spacial score (nSPS) is 11.1. The first-order chi connectivity index (χ1) is 8.60. The molecule has 0 unspecified atom stereocenters. The summed E-state index contributed by atoms with van der Waals surface area (Å²) >= 11 is 0. The summed E-state index contributed by atoms with van der Waals surface area (Å²) in [5.74, 6) is 0.871. The average Bonchev–Trinajstić information content (AvgIpc) is 2.59. The second-order valence-electron chi connectivity index (χ2n) is 4.45. The number of halogens is 1. The van der Waals surface area contributed by atoms with Crippen LogP contribution in [0.25, 0.3) is 0 Å². The Hall–Kier alpha value is -0.790. The van der Waals surface area contributed by atoms with Crippen LogP contribution in [0.5, 0.6) is 0 Å². The van der Waals surface area contributed by atoms with Gasteiger partial charge in [0.15, 0.2) is 5.96 Å². The maximum atomic E-state index is 4.42. The molecule has 0 aliphatic carbocycles. The van der Waals surface area contributed by atoms with Crippen molar-refractivity contribution in [2.24, 2.45) is 12.0 Å². The van der Waals surface area contributed by atoms with E-state index in [2.05, 4.69) is 41.5 Å². The molecule has 0 fully saturated rings. The molecule has 5 nitrogen and oxygen atoms in total. The van der Waals surface area contributed by atoms with Gasteiger partial charge < -0.3 is 10.6 Å². The van der Waals surface area contributed by atoms with E-state index < -0.39 is 0 Å². The van der Waals surface area contributed by atoms with E-state index in [0.717, 1.165) is 37.6 Å². The molecule has 0 bridgehead atoms. The summed E-state index contributed by atoms with van der Waals surface area (Å²) < 4.78 is 1.94. The Morgan fingerprint density at radius 3 is 2.37 bits per heavy atom. The van der Waals surface area contributed by atoms with Crippen LogP contribution in [0.4, 0.5) is 0 Å². The van der Waals surface area contributed by atoms with Crippen LogP contribution in [0.2, 0.25) is 0 Å². The first-order valence-corrected chi connectivity index (χ1v) is 6.53. The topological polar surface area (TPSA) is 54.2 Å². The summed E-state index contributed by atoms with van der Waals surface area (Å²) in [6.07, 6.45) is 2.07. The monoisotopic (exact) mass is 379 g/mol. The molecule has 1 heterocycles. The minimum Gasteiger partial charge on any atom is -0.356 e. The predicted octanol–water partition coefficient (Wildman–Crippen LogP) is 1.77. The highest BCUT2D eigenvalue weighted by molar-refractivity contribution is 14.0. The van der Waals surface area contributed by atoms with Crippen LogP contribution in [0.1, 0.15) is 30.3 Å². The Balaban J connectivity index is 0.00000324. The van der Waals surface area contributed by atoms with Gasteiger partial charge in [-0.3, -0.25) is 9.67 Å². The van der Waals surface area contributed by atoms with E-state index in [9.17, 15) is 0 Å². The zero-order valence-corrected chi connectivity index (χ0v) is 14.9. The van der Waals surface area contributed by atoms with Crippen molar-refractivity contribution in [3.8, 4) is 0 Å². The van der Waals surface area contributed by atoms with Gasteiger partial charge >= 0.3 is 0 Å². The van der Waals surface area contributed by atoms with E-state index in [1.54, 1.807) is 7.05 Å². The Kier molecular flexibility index (Phi) is 8.79. The highest BCUT2D eigenvalue weighted by Gasteiger charge is 2.08. The van der Waals surface area contributed by atoms with Crippen molar-refractivity contribution in [2.45, 2.75) is 33.6 Å². The standard InChI is InChI=1S/C13H25N5.HI/c1-6-8-15-13(14-4)16-9-7-12-10(2)17-18(5)11(12)3;/h6-9H2,1-5H3,(H2,14,15,16);1H. The summed E-state index contributed by atoms with van der Waals surface area (Å²) in [7, 11) is 3.78. The molecule has 6 heteroatoms. The molecule has 1 aromatic rings. The number of nitrogens with one attached hydrogen (secondary N) is 2. The fraction of sp³-hybridized carbons (Fsp3) is 0.692. The summed E-state index contributed by atoms with van der Waals surface area (Å²) in [6.45, 7) is 8.13. The van der Waals surface area contributed by atoms with Crippen LogP contribution < -0.4 is 10.6 Å². The zero-order valence-electron chi connectivity index (χ0n) is 12.6. The number of nitrogens with zero attached hydrogens (tertiary/aromatic N) is 3. The molecule has 0 aromatic carbocycles. The van der Waals surface area contributed by atoms with Gasteiger partial charge in [0.1, 0.15) is 0 Å². The predicted molar refractivity (Wildman–Crippen MR) is 91.5 cm³/mol. The van der Waals surface area contributed by atoms with Crippen molar-refractivity contribution in [1.29, 1.82) is 0 Å². The Bertz CT molecular complexity index is 411. The molecule has 2 N–H and O–H groups in total. The molecule has 0 aliphatic rings. The van der Waals surface area contributed by atoms with Gasteiger partial charge in [-0.15, -0.1) is 24.0 Å². The van der Waals surface area contributed by atoms with Crippen molar-refractivity contribution in [3.05, 3.63) is 17.0 Å². The third-order valence-electron chi connectivity index (χ3n) is 3.09. The molecule has 0 aliphatic heterocycles. The first-order valence-electron chi connectivity index (χ1n) is 6.53. The van der Waals surface area contributed by atoms with Crippen molar-refractivity contribution in [1.82, 2.24) is 20.4 Å². The molecular formula is C13H26IN5. The maximum absolute atomic E-state index is 4.42. The number of hydrogen-bond acceptors (Lipinski definition) is 2. The molecule has 19 heavy (non-hydrogen) atoms. The van der Waals surface area contributed by atoms with Gasteiger partial charge in [0.05, 0.1) is 5.69 Å². The molecule has 0 saturated heterocycles. The lowest BCUT2D eigenvalue weighted by atomic mass is 10.1. The van der Waals surface area contributed by atoms with Gasteiger partial charge in [0.25, 0.3) is 0 Å². The van der Waals surface area contributed by atoms with Gasteiger partial charge in [0.2, 0.25) is 0 Å². The summed E-state index contributed by atoms with van der Waals surface area (Å²) in [6, 6.07) is 0. The fourth-order valence-electron chi connectivity index (χ4n) is 1.95. The zero-order chi connectivity index (χ0) is 13.5. The molecule has 0 amide bonds. The number of aromatic nitrogens is 2. The Morgan fingerprint density at radius 2 is 1.89 bits per heavy atom. The number of aryl methyl sites for hydroxylation is 2. The molecule has 110 valence electrons. The van der Waals surface area contributed by atoms with Crippen LogP contribution in [-0.2, 0) is 13.5 Å². The lowest BCUT2D eigenvalue weighted by Gasteiger charge is -2.11. The van der Waals surface area contributed by atoms with Crippen molar-refractivity contribution >= 4 is 29.9 Å². The van der Waals surface area contributed by atoms with E-state index in [1.807, 2.05) is 11.7 Å². The highest BCUT2D eigenvalue weighted by Crippen LogP contribution is 2.11. The molecule has 1 aromatic heterocycles. The number of guanidine groups is 1. The smallest absolute Gasteiger partial charge is 0.190 e. The Morgan fingerprint density at radius 1 is 1.26 bits per heavy atom. The molecule has 0 radical (unpaired) electrons. The van der Waals surface area contributed by atoms with Crippen LogP contribution in [-0.4, -0.2) is 35.9 Å². The van der Waals surface area contributed by atoms with E-state index in [-0.39, 0.29) is 24.0 Å². The van der Waals surface area contributed by atoms with Gasteiger partial charge in [-0.1, -0.05) is 6.92 Å².